The average molecular weight is 294 g/mol. The molecule has 0 saturated carbocycles. The lowest BCUT2D eigenvalue weighted by Gasteiger charge is -2.30. The zero-order chi connectivity index (χ0) is 15.4. The van der Waals surface area contributed by atoms with Gasteiger partial charge in [-0.05, 0) is 49.9 Å². The molecule has 1 aliphatic heterocycles. The smallest absolute Gasteiger partial charge is 0.237 e. The molecule has 1 amide bonds. The highest BCUT2D eigenvalue weighted by Gasteiger charge is 2.28. The van der Waals surface area contributed by atoms with Gasteiger partial charge < -0.3 is 15.4 Å². The Bertz CT molecular complexity index is 507. The molecule has 1 aromatic rings. The van der Waals surface area contributed by atoms with E-state index in [0.717, 1.165) is 24.9 Å². The molecule has 2 N–H and O–H groups in total. The molecule has 3 unspecified atom stereocenters. The topological polar surface area (TPSA) is 50.4 Å². The van der Waals surface area contributed by atoms with Gasteiger partial charge in [0.1, 0.15) is 0 Å². The van der Waals surface area contributed by atoms with Crippen LogP contribution in [0.4, 0.5) is 4.39 Å². The van der Waals surface area contributed by atoms with Crippen LogP contribution in [-0.4, -0.2) is 25.6 Å². The maximum atomic E-state index is 13.7. The van der Waals surface area contributed by atoms with E-state index in [0.29, 0.717) is 5.92 Å². The fraction of sp³-hybridized carbons (Fsp3) is 0.562. The Morgan fingerprint density at radius 1 is 1.52 bits per heavy atom. The third-order valence-corrected chi connectivity index (χ3v) is 4.09. The van der Waals surface area contributed by atoms with Crippen LogP contribution >= 0.6 is 0 Å². The zero-order valence-electron chi connectivity index (χ0n) is 12.8. The van der Waals surface area contributed by atoms with E-state index in [1.807, 2.05) is 6.92 Å². The number of rotatable bonds is 4. The van der Waals surface area contributed by atoms with Crippen LogP contribution in [0.3, 0.4) is 0 Å². The number of amides is 1. The van der Waals surface area contributed by atoms with Crippen LogP contribution in [-0.2, 0) is 4.79 Å². The van der Waals surface area contributed by atoms with Crippen molar-refractivity contribution < 1.29 is 13.9 Å². The van der Waals surface area contributed by atoms with Gasteiger partial charge in [-0.3, -0.25) is 4.79 Å². The molecule has 5 heteroatoms. The molecular formula is C16H23FN2O2. The summed E-state index contributed by atoms with van der Waals surface area (Å²) in [6.07, 6.45) is 2.15. The van der Waals surface area contributed by atoms with E-state index in [4.69, 9.17) is 4.74 Å². The van der Waals surface area contributed by atoms with Gasteiger partial charge in [-0.1, -0.05) is 13.0 Å². The first kappa shape index (κ1) is 15.8. The van der Waals surface area contributed by atoms with Crippen LogP contribution < -0.4 is 15.4 Å². The lowest BCUT2D eigenvalue weighted by atomic mass is 9.92. The molecule has 1 heterocycles. The monoisotopic (exact) mass is 294 g/mol. The summed E-state index contributed by atoms with van der Waals surface area (Å²) in [6.45, 7) is 4.80. The van der Waals surface area contributed by atoms with E-state index in [2.05, 4.69) is 17.6 Å². The minimum atomic E-state index is -0.416. The zero-order valence-corrected chi connectivity index (χ0v) is 12.8. The molecule has 21 heavy (non-hydrogen) atoms. The number of halogens is 1. The minimum absolute atomic E-state index is 0.0223. The van der Waals surface area contributed by atoms with Gasteiger partial charge in [-0.25, -0.2) is 4.39 Å². The summed E-state index contributed by atoms with van der Waals surface area (Å²) >= 11 is 0. The molecule has 0 aliphatic carbocycles. The maximum Gasteiger partial charge on any atom is 0.237 e. The quantitative estimate of drug-likeness (QED) is 0.896. The van der Waals surface area contributed by atoms with Gasteiger partial charge in [0.2, 0.25) is 5.91 Å². The standard InChI is InChI=1S/C16H23FN2O2/c1-10-5-4-8-18-15(10)16(20)19-11(2)12-6-7-14(21-3)13(17)9-12/h6-7,9-11,15,18H,4-5,8H2,1-3H3,(H,19,20). The fourth-order valence-electron chi connectivity index (χ4n) is 2.74. The van der Waals surface area contributed by atoms with Gasteiger partial charge in [-0.2, -0.15) is 0 Å². The van der Waals surface area contributed by atoms with Gasteiger partial charge in [0.15, 0.2) is 11.6 Å². The molecule has 2 rings (SSSR count). The van der Waals surface area contributed by atoms with Crippen molar-refractivity contribution in [3.8, 4) is 5.75 Å². The first-order valence-electron chi connectivity index (χ1n) is 7.40. The van der Waals surface area contributed by atoms with Gasteiger partial charge in [0, 0.05) is 0 Å². The third-order valence-electron chi connectivity index (χ3n) is 4.09. The number of ether oxygens (including phenoxy) is 1. The summed E-state index contributed by atoms with van der Waals surface area (Å²) in [5.41, 5.74) is 0.727. The first-order valence-corrected chi connectivity index (χ1v) is 7.40. The Labute approximate surface area is 125 Å². The highest BCUT2D eigenvalue weighted by molar-refractivity contribution is 5.82. The number of carbonyl (C=O) groups excluding carboxylic acids is 1. The summed E-state index contributed by atoms with van der Waals surface area (Å²) < 4.78 is 18.6. The number of methoxy groups -OCH3 is 1. The predicted octanol–water partition coefficient (Wildman–Crippen LogP) is 2.40. The Kier molecular flexibility index (Phi) is 5.17. The van der Waals surface area contributed by atoms with E-state index >= 15 is 0 Å². The van der Waals surface area contributed by atoms with Crippen molar-refractivity contribution in [1.82, 2.24) is 10.6 Å². The van der Waals surface area contributed by atoms with Crippen molar-refractivity contribution in [2.45, 2.75) is 38.8 Å². The maximum absolute atomic E-state index is 13.7. The van der Waals surface area contributed by atoms with E-state index in [1.165, 1.54) is 13.2 Å². The molecular weight excluding hydrogens is 271 g/mol. The number of hydrogen-bond acceptors (Lipinski definition) is 3. The summed E-state index contributed by atoms with van der Waals surface area (Å²) in [5.74, 6) is 0.0876. The molecule has 1 saturated heterocycles. The summed E-state index contributed by atoms with van der Waals surface area (Å²) in [6, 6.07) is 4.35. The van der Waals surface area contributed by atoms with E-state index in [9.17, 15) is 9.18 Å². The van der Waals surface area contributed by atoms with Crippen LogP contribution in [0.25, 0.3) is 0 Å². The normalized spacial score (nSPS) is 23.4. The highest BCUT2D eigenvalue weighted by atomic mass is 19.1. The van der Waals surface area contributed by atoms with Gasteiger partial charge in [-0.15, -0.1) is 0 Å². The van der Waals surface area contributed by atoms with Crippen LogP contribution in [0.1, 0.15) is 38.3 Å². The third kappa shape index (κ3) is 3.73. The Hall–Kier alpha value is -1.62. The number of nitrogens with one attached hydrogen (secondary N) is 2. The van der Waals surface area contributed by atoms with Gasteiger partial charge in [0.05, 0.1) is 19.2 Å². The van der Waals surface area contributed by atoms with Crippen LogP contribution in [0, 0.1) is 11.7 Å². The van der Waals surface area contributed by atoms with Gasteiger partial charge in [0.25, 0.3) is 0 Å². The highest BCUT2D eigenvalue weighted by Crippen LogP contribution is 2.22. The van der Waals surface area contributed by atoms with Crippen molar-refractivity contribution >= 4 is 5.91 Å². The summed E-state index contributed by atoms with van der Waals surface area (Å²) in [5, 5.41) is 6.20. The van der Waals surface area contributed by atoms with Crippen molar-refractivity contribution in [3.05, 3.63) is 29.6 Å². The number of carbonyl (C=O) groups is 1. The second kappa shape index (κ2) is 6.89. The molecule has 1 aromatic carbocycles. The molecule has 4 nitrogen and oxygen atoms in total. The number of hydrogen-bond donors (Lipinski definition) is 2. The SMILES string of the molecule is COc1ccc(C(C)NC(=O)C2NCCCC2C)cc1F. The number of piperidine rings is 1. The minimum Gasteiger partial charge on any atom is -0.494 e. The van der Waals surface area contributed by atoms with Crippen molar-refractivity contribution in [1.29, 1.82) is 0 Å². The Balaban J connectivity index is 2.01. The van der Waals surface area contributed by atoms with E-state index in [-0.39, 0.29) is 23.7 Å². The van der Waals surface area contributed by atoms with Crippen molar-refractivity contribution in [2.24, 2.45) is 5.92 Å². The average Bonchev–Trinajstić information content (AvgIpc) is 2.47. The Morgan fingerprint density at radius 3 is 2.90 bits per heavy atom. The molecule has 116 valence electrons. The largest absolute Gasteiger partial charge is 0.494 e. The van der Waals surface area contributed by atoms with Gasteiger partial charge >= 0.3 is 0 Å². The number of benzene rings is 1. The lowest BCUT2D eigenvalue weighted by Crippen LogP contribution is -2.51. The summed E-state index contributed by atoms with van der Waals surface area (Å²) in [7, 11) is 1.43. The van der Waals surface area contributed by atoms with Crippen LogP contribution in [0.2, 0.25) is 0 Å². The second-order valence-electron chi connectivity index (χ2n) is 5.68. The molecule has 0 bridgehead atoms. The Morgan fingerprint density at radius 2 is 2.29 bits per heavy atom. The predicted molar refractivity (Wildman–Crippen MR) is 79.7 cm³/mol. The fourth-order valence-corrected chi connectivity index (χ4v) is 2.74. The van der Waals surface area contributed by atoms with E-state index < -0.39 is 5.82 Å². The lowest BCUT2D eigenvalue weighted by molar-refractivity contribution is -0.125. The second-order valence-corrected chi connectivity index (χ2v) is 5.68. The molecule has 0 radical (unpaired) electrons. The molecule has 0 spiro atoms. The van der Waals surface area contributed by atoms with Crippen molar-refractivity contribution in [3.63, 3.8) is 0 Å². The summed E-state index contributed by atoms with van der Waals surface area (Å²) in [4.78, 5) is 12.3. The van der Waals surface area contributed by atoms with Crippen LogP contribution in [0.5, 0.6) is 5.75 Å². The van der Waals surface area contributed by atoms with E-state index in [1.54, 1.807) is 12.1 Å². The van der Waals surface area contributed by atoms with Crippen LogP contribution in [0.15, 0.2) is 18.2 Å². The van der Waals surface area contributed by atoms with Crippen molar-refractivity contribution in [2.75, 3.05) is 13.7 Å². The molecule has 3 atom stereocenters. The molecule has 1 fully saturated rings. The first-order chi connectivity index (χ1) is 10.0. The molecule has 1 aliphatic rings. The molecule has 0 aromatic heterocycles.